The Morgan fingerprint density at radius 1 is 1.22 bits per heavy atom. The molecule has 0 aliphatic carbocycles. The molecule has 0 amide bonds. The van der Waals surface area contributed by atoms with E-state index < -0.39 is 0 Å². The molecule has 3 heterocycles. The maximum atomic E-state index is 5.69. The first-order chi connectivity index (χ1) is 8.68. The highest BCUT2D eigenvalue weighted by Gasteiger charge is 2.42. The molecule has 0 saturated carbocycles. The summed E-state index contributed by atoms with van der Waals surface area (Å²) in [6, 6.07) is 4.18. The van der Waals surface area contributed by atoms with Gasteiger partial charge in [-0.1, -0.05) is 6.42 Å². The van der Waals surface area contributed by atoms with Gasteiger partial charge in [0.05, 0.1) is 6.54 Å². The van der Waals surface area contributed by atoms with Crippen LogP contribution in [0.4, 0.5) is 0 Å². The van der Waals surface area contributed by atoms with Gasteiger partial charge in [0.15, 0.2) is 0 Å². The van der Waals surface area contributed by atoms with E-state index >= 15 is 0 Å². The number of piperidine rings is 1. The number of rotatable bonds is 2. The fourth-order valence-electron chi connectivity index (χ4n) is 3.61. The third-order valence-corrected chi connectivity index (χ3v) is 4.78. The predicted molar refractivity (Wildman–Crippen MR) is 72.6 cm³/mol. The molecule has 0 N–H and O–H groups in total. The van der Waals surface area contributed by atoms with Gasteiger partial charge < -0.3 is 4.42 Å². The van der Waals surface area contributed by atoms with Crippen molar-refractivity contribution in [3.05, 3.63) is 23.7 Å². The minimum absolute atomic E-state index is 0.458. The van der Waals surface area contributed by atoms with Crippen molar-refractivity contribution in [1.29, 1.82) is 0 Å². The lowest BCUT2D eigenvalue weighted by Crippen LogP contribution is -2.51. The number of likely N-dealkylation sites (tertiary alicyclic amines) is 2. The van der Waals surface area contributed by atoms with Crippen LogP contribution in [-0.4, -0.2) is 42.0 Å². The summed E-state index contributed by atoms with van der Waals surface area (Å²) in [5.74, 6) is 2.14. The number of hydrogen-bond acceptors (Lipinski definition) is 3. The van der Waals surface area contributed by atoms with Crippen molar-refractivity contribution in [2.24, 2.45) is 0 Å². The fraction of sp³-hybridized carbons (Fsp3) is 0.733. The highest BCUT2D eigenvalue weighted by molar-refractivity contribution is 5.07. The fourth-order valence-corrected chi connectivity index (χ4v) is 3.61. The van der Waals surface area contributed by atoms with E-state index in [0.717, 1.165) is 18.1 Å². The van der Waals surface area contributed by atoms with E-state index in [2.05, 4.69) is 29.0 Å². The standard InChI is InChI=1S/C15H24N2O/c1-13-5-6-14(18-13)11-17-10-8-15(12-17)7-3-4-9-16(15)2/h5-6H,3-4,7-12H2,1-2H3. The van der Waals surface area contributed by atoms with Gasteiger partial charge >= 0.3 is 0 Å². The van der Waals surface area contributed by atoms with Gasteiger partial charge in [0.1, 0.15) is 11.5 Å². The molecule has 100 valence electrons. The largest absolute Gasteiger partial charge is 0.465 e. The lowest BCUT2D eigenvalue weighted by Gasteiger charge is -2.42. The number of aryl methyl sites for hydroxylation is 1. The van der Waals surface area contributed by atoms with Crippen LogP contribution < -0.4 is 0 Å². The smallest absolute Gasteiger partial charge is 0.118 e. The normalized spacial score (nSPS) is 30.3. The predicted octanol–water partition coefficient (Wildman–Crippen LogP) is 2.65. The lowest BCUT2D eigenvalue weighted by molar-refractivity contribution is 0.0775. The molecule has 1 aromatic heterocycles. The molecule has 1 atom stereocenters. The summed E-state index contributed by atoms with van der Waals surface area (Å²) in [5, 5.41) is 0. The van der Waals surface area contributed by atoms with Crippen LogP contribution >= 0.6 is 0 Å². The molecule has 0 radical (unpaired) electrons. The molecule has 1 aromatic rings. The van der Waals surface area contributed by atoms with E-state index in [4.69, 9.17) is 4.42 Å². The molecule has 18 heavy (non-hydrogen) atoms. The summed E-state index contributed by atoms with van der Waals surface area (Å²) in [7, 11) is 2.31. The molecule has 2 aliphatic rings. The lowest BCUT2D eigenvalue weighted by atomic mass is 9.86. The average Bonchev–Trinajstić information content (AvgIpc) is 2.92. The Kier molecular flexibility index (Phi) is 3.20. The molecule has 3 nitrogen and oxygen atoms in total. The van der Waals surface area contributed by atoms with Gasteiger partial charge in [0, 0.05) is 18.6 Å². The number of hydrogen-bond donors (Lipinski definition) is 0. The quantitative estimate of drug-likeness (QED) is 0.802. The molecule has 2 fully saturated rings. The molecule has 0 bridgehead atoms. The Bertz CT molecular complexity index is 414. The molecule has 1 spiro atoms. The minimum atomic E-state index is 0.458. The molecular formula is C15H24N2O. The van der Waals surface area contributed by atoms with Gasteiger partial charge in [-0.15, -0.1) is 0 Å². The van der Waals surface area contributed by atoms with E-state index in [0.29, 0.717) is 5.54 Å². The topological polar surface area (TPSA) is 19.6 Å². The summed E-state index contributed by atoms with van der Waals surface area (Å²) in [6.07, 6.45) is 5.47. The van der Waals surface area contributed by atoms with Crippen molar-refractivity contribution in [2.75, 3.05) is 26.7 Å². The van der Waals surface area contributed by atoms with E-state index in [1.165, 1.54) is 45.3 Å². The molecule has 1 unspecified atom stereocenters. The Labute approximate surface area is 110 Å². The molecule has 2 aliphatic heterocycles. The van der Waals surface area contributed by atoms with Crippen molar-refractivity contribution in [3.8, 4) is 0 Å². The number of furan rings is 1. The van der Waals surface area contributed by atoms with Crippen LogP contribution in [-0.2, 0) is 6.54 Å². The van der Waals surface area contributed by atoms with Crippen molar-refractivity contribution in [3.63, 3.8) is 0 Å². The maximum absolute atomic E-state index is 5.69. The van der Waals surface area contributed by atoms with Gasteiger partial charge in [-0.2, -0.15) is 0 Å². The van der Waals surface area contributed by atoms with E-state index in [-0.39, 0.29) is 0 Å². The first-order valence-electron chi connectivity index (χ1n) is 7.17. The van der Waals surface area contributed by atoms with Gasteiger partial charge in [0.2, 0.25) is 0 Å². The van der Waals surface area contributed by atoms with Crippen LogP contribution in [0.1, 0.15) is 37.2 Å². The SMILES string of the molecule is Cc1ccc(CN2CCC3(CCCCN3C)C2)o1. The second kappa shape index (κ2) is 4.71. The summed E-state index contributed by atoms with van der Waals surface area (Å²) in [5.41, 5.74) is 0.458. The molecule has 2 saturated heterocycles. The van der Waals surface area contributed by atoms with Gasteiger partial charge in [0.25, 0.3) is 0 Å². The van der Waals surface area contributed by atoms with Crippen LogP contribution in [0.15, 0.2) is 16.5 Å². The molecular weight excluding hydrogens is 224 g/mol. The second-order valence-corrected chi connectivity index (χ2v) is 6.08. The van der Waals surface area contributed by atoms with Gasteiger partial charge in [-0.05, 0) is 51.9 Å². The molecule has 3 rings (SSSR count). The zero-order chi connectivity index (χ0) is 12.6. The minimum Gasteiger partial charge on any atom is -0.465 e. The van der Waals surface area contributed by atoms with Crippen molar-refractivity contribution in [2.45, 2.75) is 44.7 Å². The first kappa shape index (κ1) is 12.2. The zero-order valence-electron chi connectivity index (χ0n) is 11.6. The van der Waals surface area contributed by atoms with Crippen molar-refractivity contribution >= 4 is 0 Å². The van der Waals surface area contributed by atoms with Gasteiger partial charge in [-0.3, -0.25) is 9.80 Å². The second-order valence-electron chi connectivity index (χ2n) is 6.08. The Morgan fingerprint density at radius 2 is 2.11 bits per heavy atom. The van der Waals surface area contributed by atoms with Gasteiger partial charge in [-0.25, -0.2) is 0 Å². The van der Waals surface area contributed by atoms with Crippen LogP contribution in [0.3, 0.4) is 0 Å². The average molecular weight is 248 g/mol. The van der Waals surface area contributed by atoms with E-state index in [1.807, 2.05) is 6.92 Å². The molecule has 3 heteroatoms. The van der Waals surface area contributed by atoms with E-state index in [9.17, 15) is 0 Å². The third kappa shape index (κ3) is 2.21. The monoisotopic (exact) mass is 248 g/mol. The maximum Gasteiger partial charge on any atom is 0.118 e. The number of nitrogens with zero attached hydrogens (tertiary/aromatic N) is 2. The Balaban J connectivity index is 1.64. The van der Waals surface area contributed by atoms with Crippen LogP contribution in [0, 0.1) is 6.92 Å². The summed E-state index contributed by atoms with van der Waals surface area (Å²) in [4.78, 5) is 5.16. The Hall–Kier alpha value is -0.800. The van der Waals surface area contributed by atoms with E-state index in [1.54, 1.807) is 0 Å². The number of likely N-dealkylation sites (N-methyl/N-ethyl adjacent to an activating group) is 1. The summed E-state index contributed by atoms with van der Waals surface area (Å²) in [6.45, 7) is 6.69. The van der Waals surface area contributed by atoms with Crippen LogP contribution in [0.25, 0.3) is 0 Å². The highest BCUT2D eigenvalue weighted by atomic mass is 16.3. The van der Waals surface area contributed by atoms with Crippen molar-refractivity contribution < 1.29 is 4.42 Å². The van der Waals surface area contributed by atoms with Crippen LogP contribution in [0.5, 0.6) is 0 Å². The Morgan fingerprint density at radius 3 is 2.83 bits per heavy atom. The highest BCUT2D eigenvalue weighted by Crippen LogP contribution is 2.35. The third-order valence-electron chi connectivity index (χ3n) is 4.78. The van der Waals surface area contributed by atoms with Crippen LogP contribution in [0.2, 0.25) is 0 Å². The van der Waals surface area contributed by atoms with Crippen molar-refractivity contribution in [1.82, 2.24) is 9.80 Å². The molecule has 0 aromatic carbocycles. The summed E-state index contributed by atoms with van der Waals surface area (Å²) < 4.78 is 5.69. The zero-order valence-corrected chi connectivity index (χ0v) is 11.6. The summed E-state index contributed by atoms with van der Waals surface area (Å²) >= 11 is 0. The first-order valence-corrected chi connectivity index (χ1v) is 7.17.